The quantitative estimate of drug-likeness (QED) is 0.688. The van der Waals surface area contributed by atoms with E-state index < -0.39 is 5.97 Å². The average molecular weight is 169 g/mol. The Kier molecular flexibility index (Phi) is 2.79. The summed E-state index contributed by atoms with van der Waals surface area (Å²) in [4.78, 5) is 14.2. The number of carbonyl (C=O) groups is 1. The summed E-state index contributed by atoms with van der Waals surface area (Å²) in [6, 6.07) is 0. The number of aryl methyl sites for hydroxylation is 2. The van der Waals surface area contributed by atoms with Crippen molar-refractivity contribution in [2.75, 3.05) is 0 Å². The van der Waals surface area contributed by atoms with Crippen LogP contribution in [0.15, 0.2) is 0 Å². The molecule has 0 saturated carbocycles. The predicted octanol–water partition coefficient (Wildman–Crippen LogP) is 0.520. The first kappa shape index (κ1) is 8.70. The van der Waals surface area contributed by atoms with Gasteiger partial charge in [0.2, 0.25) is 0 Å². The third kappa shape index (κ3) is 2.69. The van der Waals surface area contributed by atoms with E-state index in [2.05, 4.69) is 15.2 Å². The van der Waals surface area contributed by atoms with Crippen molar-refractivity contribution in [3.05, 3.63) is 11.6 Å². The van der Waals surface area contributed by atoms with Gasteiger partial charge in [-0.25, -0.2) is 4.98 Å². The molecule has 0 unspecified atom stereocenters. The Morgan fingerprint density at radius 1 is 1.67 bits per heavy atom. The molecule has 1 aromatic heterocycles. The molecule has 2 N–H and O–H groups in total. The van der Waals surface area contributed by atoms with Crippen molar-refractivity contribution in [3.8, 4) is 0 Å². The zero-order valence-corrected chi connectivity index (χ0v) is 6.87. The van der Waals surface area contributed by atoms with E-state index in [9.17, 15) is 4.79 Å². The minimum Gasteiger partial charge on any atom is -0.481 e. The fourth-order valence-electron chi connectivity index (χ4n) is 0.899. The number of aromatic amines is 1. The van der Waals surface area contributed by atoms with Crippen LogP contribution in [0.4, 0.5) is 0 Å². The van der Waals surface area contributed by atoms with Gasteiger partial charge in [-0.1, -0.05) is 0 Å². The fourth-order valence-corrected chi connectivity index (χ4v) is 0.899. The second kappa shape index (κ2) is 3.85. The molecule has 0 radical (unpaired) electrons. The molecule has 5 nitrogen and oxygen atoms in total. The van der Waals surface area contributed by atoms with Gasteiger partial charge in [0.25, 0.3) is 0 Å². The van der Waals surface area contributed by atoms with Crippen LogP contribution in [0.2, 0.25) is 0 Å². The lowest BCUT2D eigenvalue weighted by Crippen LogP contribution is -1.96. The molecule has 66 valence electrons. The predicted molar refractivity (Wildman–Crippen MR) is 41.7 cm³/mol. The van der Waals surface area contributed by atoms with Gasteiger partial charge in [0.15, 0.2) is 5.82 Å². The summed E-state index contributed by atoms with van der Waals surface area (Å²) < 4.78 is 0. The molecule has 0 spiro atoms. The van der Waals surface area contributed by atoms with Gasteiger partial charge in [-0.2, -0.15) is 5.10 Å². The number of aromatic nitrogens is 3. The maximum atomic E-state index is 10.1. The van der Waals surface area contributed by atoms with Crippen LogP contribution in [0.5, 0.6) is 0 Å². The van der Waals surface area contributed by atoms with E-state index in [1.807, 2.05) is 6.92 Å². The molecule has 1 rings (SSSR count). The topological polar surface area (TPSA) is 78.9 Å². The van der Waals surface area contributed by atoms with E-state index in [1.54, 1.807) is 0 Å². The highest BCUT2D eigenvalue weighted by Gasteiger charge is 2.01. The van der Waals surface area contributed by atoms with Gasteiger partial charge in [0, 0.05) is 12.8 Å². The second-order valence-electron chi connectivity index (χ2n) is 2.58. The summed E-state index contributed by atoms with van der Waals surface area (Å²) >= 11 is 0. The Morgan fingerprint density at radius 2 is 2.42 bits per heavy atom. The number of H-pyrrole nitrogens is 1. The SMILES string of the molecule is Cc1nc(CCCC(=O)O)n[nH]1. The Morgan fingerprint density at radius 3 is 2.92 bits per heavy atom. The summed E-state index contributed by atoms with van der Waals surface area (Å²) in [7, 11) is 0. The lowest BCUT2D eigenvalue weighted by molar-refractivity contribution is -0.137. The number of aliphatic carboxylic acids is 1. The molecule has 0 aliphatic carbocycles. The van der Waals surface area contributed by atoms with Gasteiger partial charge in [-0.05, 0) is 13.3 Å². The van der Waals surface area contributed by atoms with Gasteiger partial charge < -0.3 is 5.11 Å². The highest BCUT2D eigenvalue weighted by Crippen LogP contribution is 1.98. The molecule has 0 fully saturated rings. The van der Waals surface area contributed by atoms with Crippen molar-refractivity contribution >= 4 is 5.97 Å². The van der Waals surface area contributed by atoms with E-state index in [-0.39, 0.29) is 6.42 Å². The molecule has 12 heavy (non-hydrogen) atoms. The molecule has 0 aliphatic rings. The minimum absolute atomic E-state index is 0.174. The molecular weight excluding hydrogens is 158 g/mol. The van der Waals surface area contributed by atoms with Gasteiger partial charge in [0.1, 0.15) is 5.82 Å². The summed E-state index contributed by atoms with van der Waals surface area (Å²) in [5, 5.41) is 14.9. The van der Waals surface area contributed by atoms with Crippen molar-refractivity contribution in [1.82, 2.24) is 15.2 Å². The largest absolute Gasteiger partial charge is 0.481 e. The molecule has 0 bridgehead atoms. The summed E-state index contributed by atoms with van der Waals surface area (Å²) in [6.07, 6.45) is 1.39. The molecule has 0 saturated heterocycles. The minimum atomic E-state index is -0.776. The molecule has 0 atom stereocenters. The Balaban J connectivity index is 2.29. The zero-order valence-electron chi connectivity index (χ0n) is 6.87. The lowest BCUT2D eigenvalue weighted by Gasteiger charge is -1.90. The van der Waals surface area contributed by atoms with E-state index in [0.717, 1.165) is 5.82 Å². The van der Waals surface area contributed by atoms with Crippen LogP contribution in [0, 0.1) is 6.92 Å². The van der Waals surface area contributed by atoms with E-state index in [1.165, 1.54) is 0 Å². The van der Waals surface area contributed by atoms with Gasteiger partial charge >= 0.3 is 5.97 Å². The number of carboxylic acids is 1. The number of hydrogen-bond donors (Lipinski definition) is 2. The van der Waals surface area contributed by atoms with Crippen LogP contribution in [0.25, 0.3) is 0 Å². The van der Waals surface area contributed by atoms with Crippen molar-refractivity contribution in [2.45, 2.75) is 26.2 Å². The number of carboxylic acid groups (broad SMARTS) is 1. The van der Waals surface area contributed by atoms with Crippen molar-refractivity contribution < 1.29 is 9.90 Å². The van der Waals surface area contributed by atoms with Crippen molar-refractivity contribution in [2.24, 2.45) is 0 Å². The third-order valence-electron chi connectivity index (χ3n) is 1.43. The fraction of sp³-hybridized carbons (Fsp3) is 0.571. The maximum absolute atomic E-state index is 10.1. The normalized spacial score (nSPS) is 10.1. The van der Waals surface area contributed by atoms with Crippen LogP contribution in [-0.4, -0.2) is 26.3 Å². The van der Waals surface area contributed by atoms with Gasteiger partial charge in [-0.3, -0.25) is 9.89 Å². The molecule has 1 heterocycles. The van der Waals surface area contributed by atoms with Crippen LogP contribution in [0.3, 0.4) is 0 Å². The molecule has 5 heteroatoms. The van der Waals surface area contributed by atoms with E-state index in [4.69, 9.17) is 5.11 Å². The smallest absolute Gasteiger partial charge is 0.303 e. The van der Waals surface area contributed by atoms with Crippen molar-refractivity contribution in [1.29, 1.82) is 0 Å². The lowest BCUT2D eigenvalue weighted by atomic mass is 10.2. The summed E-state index contributed by atoms with van der Waals surface area (Å²) in [5.74, 6) is 0.677. The third-order valence-corrected chi connectivity index (χ3v) is 1.43. The van der Waals surface area contributed by atoms with Crippen molar-refractivity contribution in [3.63, 3.8) is 0 Å². The van der Waals surface area contributed by atoms with Crippen LogP contribution >= 0.6 is 0 Å². The standard InChI is InChI=1S/C7H11N3O2/c1-5-8-6(10-9-5)3-2-4-7(11)12/h2-4H2,1H3,(H,11,12)(H,8,9,10). The second-order valence-corrected chi connectivity index (χ2v) is 2.58. The van der Waals surface area contributed by atoms with E-state index >= 15 is 0 Å². The summed E-state index contributed by atoms with van der Waals surface area (Å²) in [6.45, 7) is 1.81. The number of rotatable bonds is 4. The molecule has 1 aromatic rings. The van der Waals surface area contributed by atoms with E-state index in [0.29, 0.717) is 18.7 Å². The van der Waals surface area contributed by atoms with Gasteiger partial charge in [0.05, 0.1) is 0 Å². The molecular formula is C7H11N3O2. The number of hydrogen-bond acceptors (Lipinski definition) is 3. The molecule has 0 aliphatic heterocycles. The molecule has 0 amide bonds. The number of nitrogens with one attached hydrogen (secondary N) is 1. The molecule has 0 aromatic carbocycles. The summed E-state index contributed by atoms with van der Waals surface area (Å²) in [5.41, 5.74) is 0. The maximum Gasteiger partial charge on any atom is 0.303 e. The highest BCUT2D eigenvalue weighted by molar-refractivity contribution is 5.66. The Labute approximate surface area is 69.8 Å². The Hall–Kier alpha value is -1.39. The van der Waals surface area contributed by atoms with Crippen LogP contribution in [-0.2, 0) is 11.2 Å². The zero-order chi connectivity index (χ0) is 8.97. The first-order valence-electron chi connectivity index (χ1n) is 3.78. The number of nitrogens with zero attached hydrogens (tertiary/aromatic N) is 2. The monoisotopic (exact) mass is 169 g/mol. The van der Waals surface area contributed by atoms with Crippen LogP contribution < -0.4 is 0 Å². The van der Waals surface area contributed by atoms with Gasteiger partial charge in [-0.15, -0.1) is 0 Å². The highest BCUT2D eigenvalue weighted by atomic mass is 16.4. The van der Waals surface area contributed by atoms with Crippen LogP contribution in [0.1, 0.15) is 24.5 Å². The first-order chi connectivity index (χ1) is 5.68. The first-order valence-corrected chi connectivity index (χ1v) is 3.78. The Bertz CT molecular complexity index is 269. The average Bonchev–Trinajstić information content (AvgIpc) is 2.35.